The summed E-state index contributed by atoms with van der Waals surface area (Å²) in [5, 5.41) is 10.1. The van der Waals surface area contributed by atoms with Crippen LogP contribution in [0.1, 0.15) is 20.3 Å². The predicted molar refractivity (Wildman–Crippen MR) is 113 cm³/mol. The van der Waals surface area contributed by atoms with E-state index in [2.05, 4.69) is 9.97 Å². The van der Waals surface area contributed by atoms with Gasteiger partial charge >= 0.3 is 0 Å². The maximum absolute atomic E-state index is 13.8. The minimum Gasteiger partial charge on any atom is -0.493 e. The molecule has 31 heavy (non-hydrogen) atoms. The van der Waals surface area contributed by atoms with Crippen molar-refractivity contribution < 1.29 is 18.6 Å². The Balaban J connectivity index is 1.74. The van der Waals surface area contributed by atoms with Crippen LogP contribution in [0.4, 0.5) is 8.78 Å². The van der Waals surface area contributed by atoms with Crippen LogP contribution in [-0.4, -0.2) is 31.8 Å². The number of nitrogens with zero attached hydrogens (tertiary/aromatic N) is 2. The van der Waals surface area contributed by atoms with Crippen LogP contribution in [0.2, 0.25) is 0 Å². The van der Waals surface area contributed by atoms with Crippen molar-refractivity contribution in [1.29, 1.82) is 0 Å². The molecule has 2 aromatic heterocycles. The maximum atomic E-state index is 13.8. The fourth-order valence-corrected chi connectivity index (χ4v) is 3.31. The van der Waals surface area contributed by atoms with E-state index in [1.165, 1.54) is 23.0 Å². The summed E-state index contributed by atoms with van der Waals surface area (Å²) in [4.78, 5) is 19.3. The van der Waals surface area contributed by atoms with Crippen LogP contribution < -0.4 is 10.3 Å². The third-order valence-corrected chi connectivity index (χ3v) is 4.86. The molecule has 0 aliphatic carbocycles. The van der Waals surface area contributed by atoms with Gasteiger partial charge in [-0.15, -0.1) is 0 Å². The van der Waals surface area contributed by atoms with Crippen molar-refractivity contribution in [3.63, 3.8) is 0 Å². The molecule has 0 aliphatic rings. The third-order valence-electron chi connectivity index (χ3n) is 4.86. The van der Waals surface area contributed by atoms with Crippen LogP contribution in [0.25, 0.3) is 27.8 Å². The molecule has 0 radical (unpaired) electrons. The molecule has 4 aromatic rings. The summed E-state index contributed by atoms with van der Waals surface area (Å²) in [6, 6.07) is 10.2. The first-order valence-electron chi connectivity index (χ1n) is 9.72. The Morgan fingerprint density at radius 1 is 1.13 bits per heavy atom. The van der Waals surface area contributed by atoms with E-state index in [9.17, 15) is 18.7 Å². The van der Waals surface area contributed by atoms with E-state index in [4.69, 9.17) is 4.74 Å². The number of halogens is 2. The zero-order valence-electron chi connectivity index (χ0n) is 17.0. The van der Waals surface area contributed by atoms with E-state index in [0.717, 1.165) is 6.07 Å². The summed E-state index contributed by atoms with van der Waals surface area (Å²) in [6.07, 6.45) is 3.36. The van der Waals surface area contributed by atoms with Crippen molar-refractivity contribution in [3.8, 4) is 22.6 Å². The van der Waals surface area contributed by atoms with E-state index in [-0.39, 0.29) is 16.9 Å². The summed E-state index contributed by atoms with van der Waals surface area (Å²) >= 11 is 0. The van der Waals surface area contributed by atoms with Crippen molar-refractivity contribution in [2.45, 2.75) is 25.9 Å². The molecule has 2 N–H and O–H groups in total. The van der Waals surface area contributed by atoms with Gasteiger partial charge in [0.15, 0.2) is 5.65 Å². The van der Waals surface area contributed by atoms with Crippen molar-refractivity contribution >= 4 is 11.0 Å². The summed E-state index contributed by atoms with van der Waals surface area (Å²) in [6.45, 7) is 3.79. The molecule has 4 rings (SSSR count). The smallest absolute Gasteiger partial charge is 0.260 e. The zero-order chi connectivity index (χ0) is 22.2. The molecule has 2 aromatic carbocycles. The Hall–Kier alpha value is -3.52. The van der Waals surface area contributed by atoms with Crippen molar-refractivity contribution in [2.75, 3.05) is 6.61 Å². The Bertz CT molecular complexity index is 1270. The quantitative estimate of drug-likeness (QED) is 0.485. The van der Waals surface area contributed by atoms with Crippen LogP contribution in [0.5, 0.6) is 5.75 Å². The Kier molecular flexibility index (Phi) is 5.32. The molecule has 6 nitrogen and oxygen atoms in total. The molecule has 0 unspecified atom stereocenters. The van der Waals surface area contributed by atoms with Gasteiger partial charge in [-0.25, -0.2) is 13.8 Å². The number of aliphatic hydroxyl groups is 1. The number of nitrogens with one attached hydrogen (secondary N) is 1. The Morgan fingerprint density at radius 2 is 1.81 bits per heavy atom. The van der Waals surface area contributed by atoms with Gasteiger partial charge < -0.3 is 19.4 Å². The van der Waals surface area contributed by atoms with Gasteiger partial charge in [-0.05, 0) is 43.7 Å². The second-order valence-electron chi connectivity index (χ2n) is 7.91. The van der Waals surface area contributed by atoms with E-state index in [0.29, 0.717) is 35.3 Å². The van der Waals surface area contributed by atoms with Gasteiger partial charge in [-0.2, -0.15) is 0 Å². The lowest BCUT2D eigenvalue weighted by molar-refractivity contribution is 0.0553. The van der Waals surface area contributed by atoms with E-state index in [1.54, 1.807) is 44.3 Å². The van der Waals surface area contributed by atoms with Gasteiger partial charge in [0.1, 0.15) is 17.4 Å². The van der Waals surface area contributed by atoms with Gasteiger partial charge in [0.05, 0.1) is 29.6 Å². The fraction of sp³-hybridized carbons (Fsp3) is 0.217. The highest BCUT2D eigenvalue weighted by molar-refractivity contribution is 5.94. The van der Waals surface area contributed by atoms with E-state index < -0.39 is 17.2 Å². The first-order chi connectivity index (χ1) is 14.7. The highest BCUT2D eigenvalue weighted by atomic mass is 19.1. The molecule has 0 bridgehead atoms. The fourth-order valence-electron chi connectivity index (χ4n) is 3.31. The lowest BCUT2D eigenvalue weighted by Crippen LogP contribution is -2.21. The number of fused-ring (bicyclic) bond motifs is 1. The van der Waals surface area contributed by atoms with Crippen molar-refractivity contribution in [1.82, 2.24) is 14.5 Å². The topological polar surface area (TPSA) is 80.1 Å². The number of rotatable bonds is 6. The molecule has 0 saturated carbocycles. The van der Waals surface area contributed by atoms with Crippen LogP contribution in [0, 0.1) is 11.6 Å². The maximum Gasteiger partial charge on any atom is 0.260 e. The minimum atomic E-state index is -0.813. The standard InChI is InChI=1S/C23H21F2N3O3/c1-23(2,30)7-8-31-18-5-3-14(4-6-18)19-12-28(17-10-15(24)9-16(25)11-17)21-20(19)22(29)27-13-26-21/h3-6,9-13,30H,7-8H2,1-2H3,(H,26,27,29). The minimum absolute atomic E-state index is 0.221. The van der Waals surface area contributed by atoms with Crippen molar-refractivity contribution in [3.05, 3.63) is 77.0 Å². The predicted octanol–water partition coefficient (Wildman–Crippen LogP) is 4.20. The molecule has 8 heteroatoms. The third kappa shape index (κ3) is 4.49. The SMILES string of the molecule is CC(C)(O)CCOc1ccc(-c2cn(-c3cc(F)cc(F)c3)c3nc[nH]c(=O)c23)cc1. The van der Waals surface area contributed by atoms with Gasteiger partial charge in [-0.3, -0.25) is 4.79 Å². The monoisotopic (exact) mass is 425 g/mol. The Morgan fingerprint density at radius 3 is 2.45 bits per heavy atom. The molecular weight excluding hydrogens is 404 g/mol. The largest absolute Gasteiger partial charge is 0.493 e. The van der Waals surface area contributed by atoms with E-state index in [1.807, 2.05) is 0 Å². The van der Waals surface area contributed by atoms with Gasteiger partial charge in [0.25, 0.3) is 5.56 Å². The second kappa shape index (κ2) is 7.96. The molecule has 0 atom stereocenters. The molecule has 0 amide bonds. The first kappa shape index (κ1) is 20.7. The van der Waals surface area contributed by atoms with Crippen molar-refractivity contribution in [2.24, 2.45) is 0 Å². The molecule has 0 spiro atoms. The number of hydrogen-bond acceptors (Lipinski definition) is 4. The number of H-pyrrole nitrogens is 1. The summed E-state index contributed by atoms with van der Waals surface area (Å²) in [7, 11) is 0. The van der Waals surface area contributed by atoms with Crippen LogP contribution in [0.3, 0.4) is 0 Å². The zero-order valence-corrected chi connectivity index (χ0v) is 17.0. The number of hydrogen-bond donors (Lipinski definition) is 2. The highest BCUT2D eigenvalue weighted by Crippen LogP contribution is 2.31. The second-order valence-corrected chi connectivity index (χ2v) is 7.91. The molecule has 160 valence electrons. The average Bonchev–Trinajstić information content (AvgIpc) is 3.08. The first-order valence-corrected chi connectivity index (χ1v) is 9.72. The van der Waals surface area contributed by atoms with Gasteiger partial charge in [0.2, 0.25) is 0 Å². The lowest BCUT2D eigenvalue weighted by atomic mass is 10.1. The Labute approximate surface area is 176 Å². The normalized spacial score (nSPS) is 11.8. The van der Waals surface area contributed by atoms with E-state index >= 15 is 0 Å². The van der Waals surface area contributed by atoms with Crippen LogP contribution in [0.15, 0.2) is 59.8 Å². The van der Waals surface area contributed by atoms with Crippen LogP contribution in [-0.2, 0) is 0 Å². The van der Waals surface area contributed by atoms with Gasteiger partial charge in [0, 0.05) is 24.2 Å². The average molecular weight is 425 g/mol. The number of aromatic nitrogens is 3. The highest BCUT2D eigenvalue weighted by Gasteiger charge is 2.17. The molecule has 0 fully saturated rings. The number of benzene rings is 2. The summed E-state index contributed by atoms with van der Waals surface area (Å²) in [5.41, 5.74) is 0.617. The summed E-state index contributed by atoms with van der Waals surface area (Å²) < 4.78 is 34.7. The number of ether oxygens (including phenoxy) is 1. The van der Waals surface area contributed by atoms with Crippen LogP contribution >= 0.6 is 0 Å². The molecule has 0 saturated heterocycles. The molecule has 2 heterocycles. The van der Waals surface area contributed by atoms with Gasteiger partial charge in [-0.1, -0.05) is 12.1 Å². The molecular formula is C23H21F2N3O3. The molecule has 0 aliphatic heterocycles. The lowest BCUT2D eigenvalue weighted by Gasteiger charge is -2.17. The number of aromatic amines is 1. The summed E-state index contributed by atoms with van der Waals surface area (Å²) in [5.74, 6) is -0.831.